The molecule has 0 saturated carbocycles. The highest BCUT2D eigenvalue weighted by Crippen LogP contribution is 2.34. The number of nitrogens with zero attached hydrogens (tertiary/aromatic N) is 4. The number of hydrogen-bond acceptors (Lipinski definition) is 7. The fourth-order valence-electron chi connectivity index (χ4n) is 2.65. The SMILES string of the molecule is Cc1ccc(N2C(=O)CC(Sc3nnc(-c4ccncc4)o3)C2=O)cc1. The summed E-state index contributed by atoms with van der Waals surface area (Å²) in [5.74, 6) is -0.153. The molecule has 1 unspecified atom stereocenters. The Morgan fingerprint density at radius 3 is 2.54 bits per heavy atom. The van der Waals surface area contributed by atoms with Crippen LogP contribution < -0.4 is 4.90 Å². The Morgan fingerprint density at radius 2 is 1.81 bits per heavy atom. The van der Waals surface area contributed by atoms with Crippen LogP contribution in [0.5, 0.6) is 0 Å². The molecule has 1 saturated heterocycles. The average Bonchev–Trinajstić information content (AvgIpc) is 3.22. The van der Waals surface area contributed by atoms with Gasteiger partial charge < -0.3 is 4.42 Å². The van der Waals surface area contributed by atoms with E-state index < -0.39 is 5.25 Å². The van der Waals surface area contributed by atoms with E-state index in [1.165, 1.54) is 4.90 Å². The molecule has 1 aliphatic heterocycles. The van der Waals surface area contributed by atoms with Crippen molar-refractivity contribution in [1.29, 1.82) is 0 Å². The highest BCUT2D eigenvalue weighted by molar-refractivity contribution is 8.00. The van der Waals surface area contributed by atoms with E-state index in [-0.39, 0.29) is 23.5 Å². The smallest absolute Gasteiger partial charge is 0.277 e. The number of aryl methyl sites for hydroxylation is 1. The van der Waals surface area contributed by atoms with Gasteiger partial charge >= 0.3 is 0 Å². The number of imide groups is 1. The molecule has 0 radical (unpaired) electrons. The van der Waals surface area contributed by atoms with Crippen LogP contribution in [0.25, 0.3) is 11.5 Å². The first-order chi connectivity index (χ1) is 12.6. The molecule has 2 aromatic heterocycles. The molecule has 8 heteroatoms. The second kappa shape index (κ2) is 6.72. The fourth-order valence-corrected chi connectivity index (χ4v) is 3.54. The summed E-state index contributed by atoms with van der Waals surface area (Å²) in [5.41, 5.74) is 2.39. The predicted octanol–water partition coefficient (Wildman–Crippen LogP) is 2.86. The van der Waals surface area contributed by atoms with Crippen molar-refractivity contribution in [1.82, 2.24) is 15.2 Å². The number of pyridine rings is 1. The molecule has 2 amide bonds. The minimum Gasteiger partial charge on any atom is -0.411 e. The minimum atomic E-state index is -0.574. The molecule has 1 aliphatic rings. The fraction of sp³-hybridized carbons (Fsp3) is 0.167. The van der Waals surface area contributed by atoms with Crippen LogP contribution in [0.15, 0.2) is 58.4 Å². The molecule has 0 aliphatic carbocycles. The van der Waals surface area contributed by atoms with Crippen LogP contribution in [0.3, 0.4) is 0 Å². The summed E-state index contributed by atoms with van der Waals surface area (Å²) < 4.78 is 5.60. The van der Waals surface area contributed by atoms with Gasteiger partial charge in [0.15, 0.2) is 0 Å². The third-order valence-corrected chi connectivity index (χ3v) is 4.99. The van der Waals surface area contributed by atoms with Crippen molar-refractivity contribution < 1.29 is 14.0 Å². The van der Waals surface area contributed by atoms with Crippen molar-refractivity contribution in [2.75, 3.05) is 4.90 Å². The van der Waals surface area contributed by atoms with Crippen LogP contribution in [0.4, 0.5) is 5.69 Å². The Bertz CT molecular complexity index is 956. The molecule has 0 bridgehead atoms. The first kappa shape index (κ1) is 16.5. The number of aromatic nitrogens is 3. The number of amides is 2. The molecule has 130 valence electrons. The molecule has 3 heterocycles. The monoisotopic (exact) mass is 366 g/mol. The zero-order valence-corrected chi connectivity index (χ0v) is 14.6. The van der Waals surface area contributed by atoms with E-state index in [2.05, 4.69) is 15.2 Å². The topological polar surface area (TPSA) is 89.2 Å². The quantitative estimate of drug-likeness (QED) is 0.656. The molecule has 1 atom stereocenters. The Kier molecular flexibility index (Phi) is 4.26. The van der Waals surface area contributed by atoms with E-state index in [0.29, 0.717) is 11.6 Å². The molecule has 0 N–H and O–H groups in total. The number of carbonyl (C=O) groups excluding carboxylic acids is 2. The van der Waals surface area contributed by atoms with Crippen LogP contribution in [-0.4, -0.2) is 32.2 Å². The third kappa shape index (κ3) is 3.11. The van der Waals surface area contributed by atoms with Gasteiger partial charge in [-0.2, -0.15) is 0 Å². The summed E-state index contributed by atoms with van der Waals surface area (Å²) in [6.07, 6.45) is 3.36. The van der Waals surface area contributed by atoms with Gasteiger partial charge in [0.1, 0.15) is 5.25 Å². The second-order valence-electron chi connectivity index (χ2n) is 5.82. The number of anilines is 1. The number of carbonyl (C=O) groups is 2. The zero-order chi connectivity index (χ0) is 18.1. The van der Waals surface area contributed by atoms with Gasteiger partial charge in [0.2, 0.25) is 17.7 Å². The van der Waals surface area contributed by atoms with Crippen molar-refractivity contribution in [2.24, 2.45) is 0 Å². The highest BCUT2D eigenvalue weighted by Gasteiger charge is 2.41. The maximum Gasteiger partial charge on any atom is 0.277 e. The first-order valence-electron chi connectivity index (χ1n) is 7.96. The molecule has 3 aromatic rings. The Morgan fingerprint density at radius 1 is 1.08 bits per heavy atom. The van der Waals surface area contributed by atoms with Crippen molar-refractivity contribution in [3.05, 3.63) is 54.4 Å². The van der Waals surface area contributed by atoms with E-state index in [9.17, 15) is 9.59 Å². The van der Waals surface area contributed by atoms with E-state index in [4.69, 9.17) is 4.42 Å². The van der Waals surface area contributed by atoms with Gasteiger partial charge in [-0.15, -0.1) is 10.2 Å². The number of thioether (sulfide) groups is 1. The van der Waals surface area contributed by atoms with Gasteiger partial charge in [0.05, 0.1) is 5.69 Å². The number of benzene rings is 1. The zero-order valence-electron chi connectivity index (χ0n) is 13.8. The standard InChI is InChI=1S/C18H14N4O3S/c1-11-2-4-13(5-3-11)22-15(23)10-14(17(22)24)26-18-21-20-16(25-18)12-6-8-19-9-7-12/h2-9,14H,10H2,1H3. The summed E-state index contributed by atoms with van der Waals surface area (Å²) in [5, 5.41) is 7.64. The molecule has 1 fully saturated rings. The molecule has 1 aromatic carbocycles. The largest absolute Gasteiger partial charge is 0.411 e. The third-order valence-electron chi connectivity index (χ3n) is 3.97. The number of rotatable bonds is 4. The van der Waals surface area contributed by atoms with E-state index >= 15 is 0 Å². The molecular formula is C18H14N4O3S. The highest BCUT2D eigenvalue weighted by atomic mass is 32.2. The maximum absolute atomic E-state index is 12.7. The van der Waals surface area contributed by atoms with Gasteiger partial charge in [-0.05, 0) is 31.2 Å². The van der Waals surface area contributed by atoms with Gasteiger partial charge in [0.25, 0.3) is 5.22 Å². The van der Waals surface area contributed by atoms with Crippen LogP contribution in [0.1, 0.15) is 12.0 Å². The van der Waals surface area contributed by atoms with Crippen molar-refractivity contribution >= 4 is 29.3 Å². The van der Waals surface area contributed by atoms with E-state index in [1.807, 2.05) is 19.1 Å². The lowest BCUT2D eigenvalue weighted by molar-refractivity contribution is -0.121. The molecular weight excluding hydrogens is 352 g/mol. The van der Waals surface area contributed by atoms with Crippen LogP contribution >= 0.6 is 11.8 Å². The lowest BCUT2D eigenvalue weighted by atomic mass is 10.2. The van der Waals surface area contributed by atoms with E-state index in [1.54, 1.807) is 36.7 Å². The Hall–Kier alpha value is -3.00. The van der Waals surface area contributed by atoms with Gasteiger partial charge in [0, 0.05) is 24.4 Å². The molecule has 7 nitrogen and oxygen atoms in total. The first-order valence-corrected chi connectivity index (χ1v) is 8.84. The van der Waals surface area contributed by atoms with Crippen molar-refractivity contribution in [2.45, 2.75) is 23.8 Å². The minimum absolute atomic E-state index is 0.102. The summed E-state index contributed by atoms with van der Waals surface area (Å²) in [6.45, 7) is 1.95. The molecule has 0 spiro atoms. The normalized spacial score (nSPS) is 17.1. The number of hydrogen-bond donors (Lipinski definition) is 0. The summed E-state index contributed by atoms with van der Waals surface area (Å²) >= 11 is 1.11. The van der Waals surface area contributed by atoms with Gasteiger partial charge in [-0.3, -0.25) is 14.6 Å². The summed E-state index contributed by atoms with van der Waals surface area (Å²) in [7, 11) is 0. The lowest BCUT2D eigenvalue weighted by Crippen LogP contribution is -2.31. The molecule has 26 heavy (non-hydrogen) atoms. The predicted molar refractivity (Wildman–Crippen MR) is 95.5 cm³/mol. The van der Waals surface area contributed by atoms with Crippen LogP contribution in [0, 0.1) is 6.92 Å². The molecule has 4 rings (SSSR count). The summed E-state index contributed by atoms with van der Waals surface area (Å²) in [6, 6.07) is 10.8. The lowest BCUT2D eigenvalue weighted by Gasteiger charge is -2.14. The van der Waals surface area contributed by atoms with Gasteiger partial charge in [-0.1, -0.05) is 29.5 Å². The van der Waals surface area contributed by atoms with Gasteiger partial charge in [-0.25, -0.2) is 4.90 Å². The van der Waals surface area contributed by atoms with Crippen molar-refractivity contribution in [3.63, 3.8) is 0 Å². The Labute approximate surface area is 153 Å². The maximum atomic E-state index is 12.7. The van der Waals surface area contributed by atoms with E-state index in [0.717, 1.165) is 22.9 Å². The van der Waals surface area contributed by atoms with Crippen LogP contribution in [-0.2, 0) is 9.59 Å². The van der Waals surface area contributed by atoms with Crippen LogP contribution in [0.2, 0.25) is 0 Å². The average molecular weight is 366 g/mol. The van der Waals surface area contributed by atoms with Crippen molar-refractivity contribution in [3.8, 4) is 11.5 Å². The summed E-state index contributed by atoms with van der Waals surface area (Å²) in [4.78, 5) is 30.1. The second-order valence-corrected chi connectivity index (χ2v) is 6.98. The Balaban J connectivity index is 1.51.